The second-order valence-corrected chi connectivity index (χ2v) is 3.89. The Morgan fingerprint density at radius 3 is 2.50 bits per heavy atom. The third-order valence-corrected chi connectivity index (χ3v) is 2.89. The average molecular weight is 247 g/mol. The number of aromatic amines is 1. The third-order valence-electron chi connectivity index (χ3n) is 2.89. The molecule has 0 radical (unpaired) electrons. The maximum absolute atomic E-state index is 6.04. The minimum absolute atomic E-state index is 0.662. The normalized spacial score (nSPS) is 10.4. The van der Waals surface area contributed by atoms with E-state index in [2.05, 4.69) is 10.2 Å². The number of aromatic nitrogens is 2. The number of methoxy groups -OCH3 is 2. The van der Waals surface area contributed by atoms with E-state index < -0.39 is 0 Å². The fraction of sp³-hybridized carbons (Fsp3) is 0.308. The summed E-state index contributed by atoms with van der Waals surface area (Å²) >= 11 is 0. The maximum Gasteiger partial charge on any atom is 0.161 e. The molecule has 0 saturated heterocycles. The molecule has 0 aliphatic heterocycles. The Balaban J connectivity index is 2.47. The second-order valence-electron chi connectivity index (χ2n) is 3.89. The summed E-state index contributed by atoms with van der Waals surface area (Å²) in [6, 6.07) is 5.62. The van der Waals surface area contributed by atoms with Crippen molar-refractivity contribution in [1.82, 2.24) is 10.2 Å². The van der Waals surface area contributed by atoms with E-state index in [0.29, 0.717) is 17.2 Å². The van der Waals surface area contributed by atoms with Crippen molar-refractivity contribution in [2.24, 2.45) is 0 Å². The second kappa shape index (κ2) is 5.00. The van der Waals surface area contributed by atoms with E-state index >= 15 is 0 Å². The van der Waals surface area contributed by atoms with Crippen LogP contribution in [0.5, 0.6) is 11.5 Å². The van der Waals surface area contributed by atoms with Crippen LogP contribution < -0.4 is 15.2 Å². The first-order valence-electron chi connectivity index (χ1n) is 5.76. The smallest absolute Gasteiger partial charge is 0.161 e. The van der Waals surface area contributed by atoms with E-state index in [-0.39, 0.29) is 0 Å². The van der Waals surface area contributed by atoms with Crippen LogP contribution in [0.3, 0.4) is 0 Å². The molecule has 5 heteroatoms. The molecule has 0 amide bonds. The van der Waals surface area contributed by atoms with Crippen molar-refractivity contribution >= 4 is 5.69 Å². The van der Waals surface area contributed by atoms with Crippen LogP contribution in [0.4, 0.5) is 5.69 Å². The molecule has 1 aromatic heterocycles. The average Bonchev–Trinajstić information content (AvgIpc) is 2.79. The predicted octanol–water partition coefficient (Wildman–Crippen LogP) is 2.24. The molecule has 0 spiro atoms. The molecule has 0 fully saturated rings. The number of nitrogens with one attached hydrogen (secondary N) is 1. The van der Waals surface area contributed by atoms with Gasteiger partial charge in [0.25, 0.3) is 0 Å². The number of ether oxygens (including phenoxy) is 2. The number of nitrogen functional groups attached to an aromatic ring is 1. The summed E-state index contributed by atoms with van der Waals surface area (Å²) in [7, 11) is 3.21. The van der Waals surface area contributed by atoms with Crippen molar-refractivity contribution in [2.45, 2.75) is 13.3 Å². The zero-order valence-corrected chi connectivity index (χ0v) is 10.8. The summed E-state index contributed by atoms with van der Waals surface area (Å²) in [6.07, 6.45) is 0.826. The lowest BCUT2D eigenvalue weighted by molar-refractivity contribution is 0.355. The van der Waals surface area contributed by atoms with Gasteiger partial charge >= 0.3 is 0 Å². The zero-order chi connectivity index (χ0) is 13.1. The number of aryl methyl sites for hydroxylation is 1. The van der Waals surface area contributed by atoms with Gasteiger partial charge in [-0.2, -0.15) is 5.10 Å². The lowest BCUT2D eigenvalue weighted by Crippen LogP contribution is -1.93. The molecule has 0 atom stereocenters. The van der Waals surface area contributed by atoms with Gasteiger partial charge in [0.1, 0.15) is 5.69 Å². The number of H-pyrrole nitrogens is 1. The number of hydrogen-bond donors (Lipinski definition) is 2. The van der Waals surface area contributed by atoms with E-state index in [1.54, 1.807) is 14.2 Å². The molecule has 96 valence electrons. The number of hydrogen-bond acceptors (Lipinski definition) is 4. The molecule has 0 saturated carbocycles. The molecular weight excluding hydrogens is 230 g/mol. The van der Waals surface area contributed by atoms with Gasteiger partial charge in [0.05, 0.1) is 25.6 Å². The molecule has 3 N–H and O–H groups in total. The molecule has 5 nitrogen and oxygen atoms in total. The molecular formula is C13H17N3O2. The fourth-order valence-corrected chi connectivity index (χ4v) is 1.86. The van der Waals surface area contributed by atoms with Crippen LogP contribution in [0.15, 0.2) is 18.2 Å². The van der Waals surface area contributed by atoms with Gasteiger partial charge in [-0.1, -0.05) is 6.92 Å². The number of anilines is 1. The lowest BCUT2D eigenvalue weighted by atomic mass is 10.1. The van der Waals surface area contributed by atoms with Gasteiger partial charge < -0.3 is 15.2 Å². The highest BCUT2D eigenvalue weighted by Gasteiger charge is 2.13. The summed E-state index contributed by atoms with van der Waals surface area (Å²) in [6.45, 7) is 2.03. The van der Waals surface area contributed by atoms with Crippen molar-refractivity contribution in [1.29, 1.82) is 0 Å². The van der Waals surface area contributed by atoms with Crippen LogP contribution in [-0.2, 0) is 6.42 Å². The van der Waals surface area contributed by atoms with E-state index in [1.165, 1.54) is 0 Å². The molecule has 0 aliphatic carbocycles. The molecule has 1 aromatic carbocycles. The number of nitrogens with zero attached hydrogens (tertiary/aromatic N) is 1. The van der Waals surface area contributed by atoms with Gasteiger partial charge in [-0.25, -0.2) is 0 Å². The molecule has 2 aromatic rings. The van der Waals surface area contributed by atoms with Crippen molar-refractivity contribution in [2.75, 3.05) is 20.0 Å². The van der Waals surface area contributed by atoms with E-state index in [1.807, 2.05) is 25.1 Å². The van der Waals surface area contributed by atoms with Gasteiger partial charge in [0, 0.05) is 5.56 Å². The van der Waals surface area contributed by atoms with Crippen LogP contribution in [0.2, 0.25) is 0 Å². The zero-order valence-electron chi connectivity index (χ0n) is 10.8. The van der Waals surface area contributed by atoms with Crippen LogP contribution in [0, 0.1) is 0 Å². The van der Waals surface area contributed by atoms with E-state index in [9.17, 15) is 0 Å². The van der Waals surface area contributed by atoms with Gasteiger partial charge in [-0.05, 0) is 24.6 Å². The monoisotopic (exact) mass is 247 g/mol. The minimum atomic E-state index is 0.662. The minimum Gasteiger partial charge on any atom is -0.493 e. The summed E-state index contributed by atoms with van der Waals surface area (Å²) in [5.41, 5.74) is 9.32. The highest BCUT2D eigenvalue weighted by molar-refractivity contribution is 5.75. The molecule has 0 aliphatic rings. The van der Waals surface area contributed by atoms with Gasteiger partial charge in [0.15, 0.2) is 11.5 Å². The van der Waals surface area contributed by atoms with Crippen molar-refractivity contribution in [3.05, 3.63) is 23.9 Å². The Morgan fingerprint density at radius 1 is 1.22 bits per heavy atom. The van der Waals surface area contributed by atoms with Gasteiger partial charge in [-0.15, -0.1) is 0 Å². The Hall–Kier alpha value is -2.17. The summed E-state index contributed by atoms with van der Waals surface area (Å²) in [5.74, 6) is 1.35. The van der Waals surface area contributed by atoms with Crippen molar-refractivity contribution in [3.63, 3.8) is 0 Å². The molecule has 0 bridgehead atoms. The Morgan fingerprint density at radius 2 is 1.94 bits per heavy atom. The number of nitrogens with two attached hydrogens (primary N) is 1. The number of rotatable bonds is 4. The largest absolute Gasteiger partial charge is 0.493 e. The first-order chi connectivity index (χ1) is 8.71. The Kier molecular flexibility index (Phi) is 3.41. The SMILES string of the molecule is CCc1[nH]nc(-c2ccc(OC)c(OC)c2)c1N. The summed E-state index contributed by atoms with van der Waals surface area (Å²) < 4.78 is 10.5. The van der Waals surface area contributed by atoms with Crippen molar-refractivity contribution in [3.8, 4) is 22.8 Å². The molecule has 18 heavy (non-hydrogen) atoms. The van der Waals surface area contributed by atoms with E-state index in [0.717, 1.165) is 23.4 Å². The molecule has 1 heterocycles. The quantitative estimate of drug-likeness (QED) is 0.869. The molecule has 0 unspecified atom stereocenters. The predicted molar refractivity (Wildman–Crippen MR) is 70.9 cm³/mol. The van der Waals surface area contributed by atoms with Crippen LogP contribution in [-0.4, -0.2) is 24.4 Å². The van der Waals surface area contributed by atoms with Crippen LogP contribution in [0.25, 0.3) is 11.3 Å². The fourth-order valence-electron chi connectivity index (χ4n) is 1.86. The molecule has 2 rings (SSSR count). The summed E-state index contributed by atoms with van der Waals surface area (Å²) in [5, 5.41) is 7.18. The van der Waals surface area contributed by atoms with Gasteiger partial charge in [0.2, 0.25) is 0 Å². The topological polar surface area (TPSA) is 73.2 Å². The first-order valence-corrected chi connectivity index (χ1v) is 5.76. The summed E-state index contributed by atoms with van der Waals surface area (Å²) in [4.78, 5) is 0. The van der Waals surface area contributed by atoms with Crippen LogP contribution >= 0.6 is 0 Å². The highest BCUT2D eigenvalue weighted by atomic mass is 16.5. The van der Waals surface area contributed by atoms with Crippen LogP contribution in [0.1, 0.15) is 12.6 Å². The maximum atomic E-state index is 6.04. The first kappa shape index (κ1) is 12.3. The number of benzene rings is 1. The Bertz CT molecular complexity index is 549. The highest BCUT2D eigenvalue weighted by Crippen LogP contribution is 2.34. The van der Waals surface area contributed by atoms with E-state index in [4.69, 9.17) is 15.2 Å². The van der Waals surface area contributed by atoms with Crippen molar-refractivity contribution < 1.29 is 9.47 Å². The third kappa shape index (κ3) is 1.99. The lowest BCUT2D eigenvalue weighted by Gasteiger charge is -2.08. The van der Waals surface area contributed by atoms with Gasteiger partial charge in [-0.3, -0.25) is 5.10 Å². The standard InChI is InChI=1S/C13H17N3O2/c1-4-9-12(14)13(16-15-9)8-5-6-10(17-2)11(7-8)18-3/h5-7H,4,14H2,1-3H3,(H,15,16). The Labute approximate surface area is 106 Å².